The maximum atomic E-state index is 11.3. The Balaban J connectivity index is 3.27. The number of carbonyl (C=O) groups is 2. The molecule has 0 rings (SSSR count). The summed E-state index contributed by atoms with van der Waals surface area (Å²) in [5.41, 5.74) is 0. The van der Waals surface area contributed by atoms with E-state index in [1.54, 1.807) is 6.92 Å². The number of esters is 1. The molecule has 94 valence electrons. The van der Waals surface area contributed by atoms with Gasteiger partial charge in [-0.05, 0) is 6.42 Å². The van der Waals surface area contributed by atoms with Crippen LogP contribution in [0, 0.1) is 0 Å². The molecule has 0 aliphatic rings. The predicted molar refractivity (Wildman–Crippen MR) is 63.0 cm³/mol. The molecule has 0 heterocycles. The molecule has 0 radical (unpaired) electrons. The van der Waals surface area contributed by atoms with Crippen molar-refractivity contribution in [3.63, 3.8) is 0 Å². The van der Waals surface area contributed by atoms with Crippen molar-refractivity contribution in [1.82, 2.24) is 5.32 Å². The van der Waals surface area contributed by atoms with Crippen molar-refractivity contribution < 1.29 is 14.3 Å². The third-order valence-electron chi connectivity index (χ3n) is 2.23. The van der Waals surface area contributed by atoms with E-state index in [0.717, 1.165) is 12.8 Å². The molecule has 0 aliphatic carbocycles. The average molecular weight is 229 g/mol. The van der Waals surface area contributed by atoms with Crippen LogP contribution < -0.4 is 5.32 Å². The molecule has 0 atom stereocenters. The van der Waals surface area contributed by atoms with Crippen molar-refractivity contribution in [3.8, 4) is 0 Å². The maximum Gasteiger partial charge on any atom is 0.305 e. The fraction of sp³-hybridized carbons (Fsp3) is 0.833. The van der Waals surface area contributed by atoms with Gasteiger partial charge in [-0.15, -0.1) is 0 Å². The van der Waals surface area contributed by atoms with Crippen molar-refractivity contribution in [2.24, 2.45) is 0 Å². The van der Waals surface area contributed by atoms with Crippen LogP contribution in [0.3, 0.4) is 0 Å². The Morgan fingerprint density at radius 1 is 1.12 bits per heavy atom. The van der Waals surface area contributed by atoms with E-state index < -0.39 is 0 Å². The molecule has 1 N–H and O–H groups in total. The number of nitrogens with one attached hydrogen (secondary N) is 1. The van der Waals surface area contributed by atoms with Crippen LogP contribution in [0.2, 0.25) is 0 Å². The number of rotatable bonds is 9. The van der Waals surface area contributed by atoms with E-state index in [9.17, 15) is 9.59 Å². The van der Waals surface area contributed by atoms with Gasteiger partial charge < -0.3 is 10.1 Å². The Hall–Kier alpha value is -1.06. The van der Waals surface area contributed by atoms with E-state index in [4.69, 9.17) is 4.74 Å². The first-order chi connectivity index (χ1) is 7.70. The van der Waals surface area contributed by atoms with Crippen molar-refractivity contribution >= 4 is 11.9 Å². The first-order valence-electron chi connectivity index (χ1n) is 6.13. The van der Waals surface area contributed by atoms with Crippen LogP contribution in [-0.2, 0) is 14.3 Å². The van der Waals surface area contributed by atoms with Crippen LogP contribution in [-0.4, -0.2) is 25.0 Å². The largest absolute Gasteiger partial charge is 0.464 e. The van der Waals surface area contributed by atoms with Gasteiger partial charge in [-0.2, -0.15) is 0 Å². The Kier molecular flexibility index (Phi) is 9.76. The Morgan fingerprint density at radius 3 is 2.50 bits per heavy atom. The minimum atomic E-state index is -0.225. The minimum Gasteiger partial charge on any atom is -0.464 e. The normalized spacial score (nSPS) is 9.88. The van der Waals surface area contributed by atoms with E-state index in [0.29, 0.717) is 19.4 Å². The summed E-state index contributed by atoms with van der Waals surface area (Å²) in [6, 6.07) is 0. The summed E-state index contributed by atoms with van der Waals surface area (Å²) in [6.07, 6.45) is 5.35. The molecule has 0 bridgehead atoms. The third kappa shape index (κ3) is 9.49. The zero-order chi connectivity index (χ0) is 12.2. The van der Waals surface area contributed by atoms with Gasteiger partial charge in [0.15, 0.2) is 0 Å². The first-order valence-corrected chi connectivity index (χ1v) is 6.13. The Morgan fingerprint density at radius 2 is 1.88 bits per heavy atom. The highest BCUT2D eigenvalue weighted by molar-refractivity contribution is 5.75. The number of ether oxygens (including phenoxy) is 1. The van der Waals surface area contributed by atoms with E-state index in [1.807, 2.05) is 0 Å². The lowest BCUT2D eigenvalue weighted by Crippen LogP contribution is -2.27. The molecular formula is C12H23NO3. The van der Waals surface area contributed by atoms with Crippen molar-refractivity contribution in [2.45, 2.75) is 52.4 Å². The van der Waals surface area contributed by atoms with Crippen molar-refractivity contribution in [3.05, 3.63) is 0 Å². The molecule has 0 saturated heterocycles. The number of carbonyl (C=O) groups excluding carboxylic acids is 2. The molecule has 4 heteroatoms. The molecule has 0 unspecified atom stereocenters. The Labute approximate surface area is 97.7 Å². The summed E-state index contributed by atoms with van der Waals surface area (Å²) in [6.45, 7) is 4.57. The van der Waals surface area contributed by atoms with Gasteiger partial charge in [0, 0.05) is 12.8 Å². The number of hydrogen-bond acceptors (Lipinski definition) is 3. The SMILES string of the molecule is CCCCCCC(=O)NCCOC(=O)CC. The van der Waals surface area contributed by atoms with Gasteiger partial charge in [-0.3, -0.25) is 9.59 Å². The van der Waals surface area contributed by atoms with Crippen molar-refractivity contribution in [1.29, 1.82) is 0 Å². The number of amides is 1. The van der Waals surface area contributed by atoms with Gasteiger partial charge in [0.25, 0.3) is 0 Å². The molecule has 0 fully saturated rings. The van der Waals surface area contributed by atoms with Gasteiger partial charge in [0.1, 0.15) is 6.61 Å². The molecule has 0 aromatic rings. The number of hydrogen-bond donors (Lipinski definition) is 1. The molecule has 0 aromatic carbocycles. The van der Waals surface area contributed by atoms with Gasteiger partial charge in [0.05, 0.1) is 6.54 Å². The van der Waals surface area contributed by atoms with Gasteiger partial charge in [-0.1, -0.05) is 33.1 Å². The zero-order valence-electron chi connectivity index (χ0n) is 10.4. The van der Waals surface area contributed by atoms with Crippen LogP contribution in [0.15, 0.2) is 0 Å². The van der Waals surface area contributed by atoms with Crippen molar-refractivity contribution in [2.75, 3.05) is 13.2 Å². The van der Waals surface area contributed by atoms with Crippen LogP contribution in [0.25, 0.3) is 0 Å². The lowest BCUT2D eigenvalue weighted by atomic mass is 10.1. The lowest BCUT2D eigenvalue weighted by Gasteiger charge is -2.05. The number of unbranched alkanes of at least 4 members (excludes halogenated alkanes) is 3. The van der Waals surface area contributed by atoms with E-state index in [1.165, 1.54) is 12.8 Å². The molecule has 16 heavy (non-hydrogen) atoms. The van der Waals surface area contributed by atoms with Crippen LogP contribution in [0.5, 0.6) is 0 Å². The zero-order valence-corrected chi connectivity index (χ0v) is 10.4. The Bertz CT molecular complexity index is 204. The highest BCUT2D eigenvalue weighted by atomic mass is 16.5. The fourth-order valence-corrected chi connectivity index (χ4v) is 1.26. The van der Waals surface area contributed by atoms with Crippen LogP contribution in [0.4, 0.5) is 0 Å². The topological polar surface area (TPSA) is 55.4 Å². The lowest BCUT2D eigenvalue weighted by molar-refractivity contribution is -0.143. The standard InChI is InChI=1S/C12H23NO3/c1-3-5-6-7-8-11(14)13-9-10-16-12(15)4-2/h3-10H2,1-2H3,(H,13,14). The third-order valence-corrected chi connectivity index (χ3v) is 2.23. The second-order valence-corrected chi connectivity index (χ2v) is 3.73. The maximum absolute atomic E-state index is 11.3. The molecule has 0 saturated carbocycles. The van der Waals surface area contributed by atoms with Gasteiger partial charge >= 0.3 is 5.97 Å². The summed E-state index contributed by atoms with van der Waals surface area (Å²) in [4.78, 5) is 22.0. The van der Waals surface area contributed by atoms with E-state index >= 15 is 0 Å². The average Bonchev–Trinajstić information content (AvgIpc) is 2.30. The summed E-state index contributed by atoms with van der Waals surface area (Å²) >= 11 is 0. The molecule has 1 amide bonds. The summed E-state index contributed by atoms with van der Waals surface area (Å²) < 4.78 is 4.83. The summed E-state index contributed by atoms with van der Waals surface area (Å²) in [7, 11) is 0. The molecule has 0 spiro atoms. The summed E-state index contributed by atoms with van der Waals surface area (Å²) in [5, 5.41) is 2.72. The fourth-order valence-electron chi connectivity index (χ4n) is 1.26. The smallest absolute Gasteiger partial charge is 0.305 e. The van der Waals surface area contributed by atoms with E-state index in [2.05, 4.69) is 12.2 Å². The molecule has 4 nitrogen and oxygen atoms in total. The second kappa shape index (κ2) is 10.5. The van der Waals surface area contributed by atoms with Gasteiger partial charge in [-0.25, -0.2) is 0 Å². The molecule has 0 aromatic heterocycles. The van der Waals surface area contributed by atoms with Crippen LogP contribution >= 0.6 is 0 Å². The molecule has 0 aliphatic heterocycles. The van der Waals surface area contributed by atoms with Crippen LogP contribution in [0.1, 0.15) is 52.4 Å². The quantitative estimate of drug-likeness (QED) is 0.486. The highest BCUT2D eigenvalue weighted by Gasteiger charge is 2.01. The minimum absolute atomic E-state index is 0.0450. The highest BCUT2D eigenvalue weighted by Crippen LogP contribution is 2.01. The van der Waals surface area contributed by atoms with Gasteiger partial charge in [0.2, 0.25) is 5.91 Å². The summed E-state index contributed by atoms with van der Waals surface area (Å²) in [5.74, 6) is -0.180. The molecular weight excluding hydrogens is 206 g/mol. The first kappa shape index (κ1) is 14.9. The monoisotopic (exact) mass is 229 g/mol. The second-order valence-electron chi connectivity index (χ2n) is 3.73. The van der Waals surface area contributed by atoms with E-state index in [-0.39, 0.29) is 18.5 Å². The predicted octanol–water partition coefficient (Wildman–Crippen LogP) is 2.03.